The second kappa shape index (κ2) is 14.4. The number of halogens is 4. The molecule has 12 heteroatoms. The largest absolute Gasteiger partial charge is 0.493 e. The highest BCUT2D eigenvalue weighted by molar-refractivity contribution is 7.07. The van der Waals surface area contributed by atoms with E-state index in [2.05, 4.69) is 0 Å². The molecule has 1 aromatic heterocycles. The second-order valence-electron chi connectivity index (χ2n) is 10.5. The Morgan fingerprint density at radius 3 is 2.44 bits per heavy atom. The number of fused-ring (bicyclic) bond motifs is 1. The molecule has 6 rings (SSSR count). The van der Waals surface area contributed by atoms with Crippen molar-refractivity contribution in [3.05, 3.63) is 153 Å². The van der Waals surface area contributed by atoms with E-state index in [4.69, 9.17) is 54.0 Å². The molecule has 4 aromatic carbocycles. The molecule has 0 bridgehead atoms. The van der Waals surface area contributed by atoms with Gasteiger partial charge in [-0.2, -0.15) is 0 Å². The summed E-state index contributed by atoms with van der Waals surface area (Å²) in [4.78, 5) is 32.9. The molecule has 0 amide bonds. The van der Waals surface area contributed by atoms with Gasteiger partial charge in [-0.3, -0.25) is 9.36 Å². The van der Waals surface area contributed by atoms with Crippen molar-refractivity contribution in [3.8, 4) is 11.5 Å². The van der Waals surface area contributed by atoms with Gasteiger partial charge in [0.1, 0.15) is 12.4 Å². The van der Waals surface area contributed by atoms with E-state index in [1.807, 2.05) is 30.3 Å². The van der Waals surface area contributed by atoms with Crippen LogP contribution in [0, 0.1) is 5.82 Å². The highest BCUT2D eigenvalue weighted by atomic mass is 35.5. The molecule has 1 atom stereocenters. The van der Waals surface area contributed by atoms with Gasteiger partial charge in [0.05, 0.1) is 40.6 Å². The lowest BCUT2D eigenvalue weighted by Crippen LogP contribution is -2.40. The van der Waals surface area contributed by atoms with Crippen molar-refractivity contribution in [2.45, 2.75) is 19.6 Å². The van der Waals surface area contributed by atoms with E-state index in [0.717, 1.165) is 11.3 Å². The molecular weight excluding hydrogens is 698 g/mol. The van der Waals surface area contributed by atoms with Gasteiger partial charge in [0, 0.05) is 21.2 Å². The SMILES string of the molecule is CCOC(=O)C1=C(c2ccccc2)N=c2s/c(=C\c3cc(Cl)c(OCc4ccc(Cl)cc4Cl)c(OC)c3)c(=O)n2[C@@H]1c1ccc(F)cc1. The lowest BCUT2D eigenvalue weighted by atomic mass is 9.93. The van der Waals surface area contributed by atoms with Crippen LogP contribution in [0.15, 0.2) is 100 Å². The van der Waals surface area contributed by atoms with Gasteiger partial charge in [-0.05, 0) is 60.5 Å². The van der Waals surface area contributed by atoms with Gasteiger partial charge in [0.25, 0.3) is 5.56 Å². The van der Waals surface area contributed by atoms with Gasteiger partial charge in [-0.1, -0.05) is 94.7 Å². The van der Waals surface area contributed by atoms with Crippen molar-refractivity contribution in [1.82, 2.24) is 4.57 Å². The van der Waals surface area contributed by atoms with Gasteiger partial charge in [-0.25, -0.2) is 14.2 Å². The number of carbonyl (C=O) groups is 1. The van der Waals surface area contributed by atoms with Crippen LogP contribution in [-0.4, -0.2) is 24.3 Å². The summed E-state index contributed by atoms with van der Waals surface area (Å²) in [6.45, 7) is 1.92. The molecule has 5 aromatic rings. The highest BCUT2D eigenvalue weighted by Gasteiger charge is 2.35. The van der Waals surface area contributed by atoms with E-state index in [1.54, 1.807) is 55.5 Å². The molecule has 0 saturated carbocycles. The molecule has 0 unspecified atom stereocenters. The molecule has 0 spiro atoms. The maximum absolute atomic E-state index is 14.2. The summed E-state index contributed by atoms with van der Waals surface area (Å²) < 4.78 is 32.9. The smallest absolute Gasteiger partial charge is 0.338 e. The molecule has 1 aliphatic rings. The van der Waals surface area contributed by atoms with Crippen molar-refractivity contribution in [1.29, 1.82) is 0 Å². The standard InChI is InChI=1S/C36H26Cl3FN2O5S/c1-3-46-35(44)30-31(21-7-5-4-6-8-21)41-36-42(32(30)22-10-13-25(40)14-11-22)34(43)29(48-36)17-20-15-27(39)33(28(16-20)45-2)47-19-23-9-12-24(37)18-26(23)38/h4-18,32H,3,19H2,1-2H3/b29-17-/t32-/m1/s1. The Balaban J connectivity index is 1.48. The van der Waals surface area contributed by atoms with E-state index >= 15 is 0 Å². The number of hydrogen-bond donors (Lipinski definition) is 0. The van der Waals surface area contributed by atoms with Crippen molar-refractivity contribution < 1.29 is 23.4 Å². The molecule has 0 N–H and O–H groups in total. The number of benzene rings is 4. The minimum Gasteiger partial charge on any atom is -0.493 e. The maximum atomic E-state index is 14.2. The number of nitrogens with zero attached hydrogens (tertiary/aromatic N) is 2. The lowest BCUT2D eigenvalue weighted by molar-refractivity contribution is -0.138. The van der Waals surface area contributed by atoms with Crippen LogP contribution in [0.3, 0.4) is 0 Å². The normalized spacial score (nSPS) is 14.4. The number of carbonyl (C=O) groups excluding carboxylic acids is 1. The van der Waals surface area contributed by atoms with E-state index in [-0.39, 0.29) is 23.8 Å². The molecule has 7 nitrogen and oxygen atoms in total. The summed E-state index contributed by atoms with van der Waals surface area (Å²) in [5, 5.41) is 1.20. The third-order valence-electron chi connectivity index (χ3n) is 7.50. The summed E-state index contributed by atoms with van der Waals surface area (Å²) in [5.74, 6) is -0.445. The molecule has 0 aliphatic carbocycles. The lowest BCUT2D eigenvalue weighted by Gasteiger charge is -2.25. The summed E-state index contributed by atoms with van der Waals surface area (Å²) >= 11 is 20.1. The molecule has 0 saturated heterocycles. The zero-order valence-electron chi connectivity index (χ0n) is 25.5. The summed E-state index contributed by atoms with van der Waals surface area (Å²) in [7, 11) is 1.48. The van der Waals surface area contributed by atoms with Crippen LogP contribution in [-0.2, 0) is 16.1 Å². The molecular formula is C36H26Cl3FN2O5S. The number of esters is 1. The number of thiazole rings is 1. The molecule has 48 heavy (non-hydrogen) atoms. The minimum atomic E-state index is -0.938. The molecule has 2 heterocycles. The Kier molecular flexibility index (Phi) is 10.0. The Morgan fingerprint density at radius 2 is 1.75 bits per heavy atom. The number of hydrogen-bond acceptors (Lipinski definition) is 7. The van der Waals surface area contributed by atoms with Crippen LogP contribution in [0.5, 0.6) is 11.5 Å². The highest BCUT2D eigenvalue weighted by Crippen LogP contribution is 2.38. The first kappa shape index (κ1) is 33.5. The van der Waals surface area contributed by atoms with Crippen LogP contribution < -0.4 is 24.4 Å². The van der Waals surface area contributed by atoms with Crippen LogP contribution in [0.2, 0.25) is 15.1 Å². The van der Waals surface area contributed by atoms with Crippen LogP contribution >= 0.6 is 46.1 Å². The average molecular weight is 724 g/mol. The average Bonchev–Trinajstić information content (AvgIpc) is 3.38. The Morgan fingerprint density at radius 1 is 1.00 bits per heavy atom. The van der Waals surface area contributed by atoms with Crippen molar-refractivity contribution in [2.75, 3.05) is 13.7 Å². The Hall–Kier alpha value is -4.41. The van der Waals surface area contributed by atoms with Crippen molar-refractivity contribution >= 4 is 63.9 Å². The fraction of sp³-hybridized carbons (Fsp3) is 0.139. The van der Waals surface area contributed by atoms with E-state index < -0.39 is 23.4 Å². The van der Waals surface area contributed by atoms with Crippen molar-refractivity contribution in [3.63, 3.8) is 0 Å². The third-order valence-corrected chi connectivity index (χ3v) is 9.35. The van der Waals surface area contributed by atoms with Gasteiger partial charge >= 0.3 is 5.97 Å². The molecule has 244 valence electrons. The van der Waals surface area contributed by atoms with Crippen LogP contribution in [0.4, 0.5) is 4.39 Å². The second-order valence-corrected chi connectivity index (χ2v) is 12.8. The fourth-order valence-electron chi connectivity index (χ4n) is 5.30. The zero-order chi connectivity index (χ0) is 33.9. The van der Waals surface area contributed by atoms with Crippen LogP contribution in [0.1, 0.15) is 35.2 Å². The van der Waals surface area contributed by atoms with E-state index in [0.29, 0.717) is 58.8 Å². The summed E-state index contributed by atoms with van der Waals surface area (Å²) in [6.07, 6.45) is 1.66. The maximum Gasteiger partial charge on any atom is 0.338 e. The monoisotopic (exact) mass is 722 g/mol. The number of ether oxygens (including phenoxy) is 3. The quantitative estimate of drug-likeness (QED) is 0.146. The van der Waals surface area contributed by atoms with Gasteiger partial charge in [-0.15, -0.1) is 0 Å². The van der Waals surface area contributed by atoms with Crippen molar-refractivity contribution in [2.24, 2.45) is 4.99 Å². The third kappa shape index (κ3) is 6.77. The predicted molar refractivity (Wildman–Crippen MR) is 186 cm³/mol. The first-order valence-electron chi connectivity index (χ1n) is 14.7. The summed E-state index contributed by atoms with van der Waals surface area (Å²) in [6, 6.07) is 22.3. The first-order valence-corrected chi connectivity index (χ1v) is 16.6. The van der Waals surface area contributed by atoms with Gasteiger partial charge < -0.3 is 14.2 Å². The molecule has 1 aliphatic heterocycles. The number of methoxy groups -OCH3 is 1. The molecule has 0 fully saturated rings. The minimum absolute atomic E-state index is 0.111. The summed E-state index contributed by atoms with van der Waals surface area (Å²) in [5.41, 5.74) is 2.57. The number of aromatic nitrogens is 1. The molecule has 0 radical (unpaired) electrons. The Labute approximate surface area is 293 Å². The number of rotatable bonds is 9. The van der Waals surface area contributed by atoms with Gasteiger partial charge in [0.15, 0.2) is 16.3 Å². The fourth-order valence-corrected chi connectivity index (χ4v) is 7.04. The first-order chi connectivity index (χ1) is 23.2. The van der Waals surface area contributed by atoms with Gasteiger partial charge in [0.2, 0.25) is 0 Å². The Bertz CT molecular complexity index is 2240. The topological polar surface area (TPSA) is 79.1 Å². The van der Waals surface area contributed by atoms with Crippen LogP contribution in [0.25, 0.3) is 11.8 Å². The van der Waals surface area contributed by atoms with E-state index in [9.17, 15) is 14.0 Å². The zero-order valence-corrected chi connectivity index (χ0v) is 28.6. The predicted octanol–water partition coefficient (Wildman–Crippen LogP) is 7.62. The van der Waals surface area contributed by atoms with E-state index in [1.165, 1.54) is 23.8 Å².